The summed E-state index contributed by atoms with van der Waals surface area (Å²) < 4.78 is 31.8. The maximum atomic E-state index is 12.2. The molecule has 0 bridgehead atoms. The number of ether oxygens (including phenoxy) is 1. The molecule has 0 aliphatic heterocycles. The third kappa shape index (κ3) is 6.74. The number of carbonyl (C=O) groups is 1. The summed E-state index contributed by atoms with van der Waals surface area (Å²) in [6.07, 6.45) is 1.74. The van der Waals surface area contributed by atoms with E-state index in [0.717, 1.165) is 12.8 Å². The van der Waals surface area contributed by atoms with E-state index in [1.165, 1.54) is 12.1 Å². The van der Waals surface area contributed by atoms with Crippen LogP contribution in [-0.4, -0.2) is 53.7 Å². The molecule has 9 heteroatoms. The molecular weight excluding hydrogens is 354 g/mol. The Morgan fingerprint density at radius 1 is 1.25 bits per heavy atom. The molecule has 1 amide bonds. The zero-order valence-corrected chi connectivity index (χ0v) is 15.2. The van der Waals surface area contributed by atoms with Gasteiger partial charge in [0.05, 0.1) is 11.5 Å². The van der Waals surface area contributed by atoms with Gasteiger partial charge in [-0.1, -0.05) is 6.07 Å². The van der Waals surface area contributed by atoms with Gasteiger partial charge in [0.1, 0.15) is 0 Å². The summed E-state index contributed by atoms with van der Waals surface area (Å²) >= 11 is 0. The second kappa shape index (κ2) is 9.95. The van der Waals surface area contributed by atoms with Gasteiger partial charge in [0.15, 0.2) is 0 Å². The van der Waals surface area contributed by atoms with Crippen LogP contribution < -0.4 is 15.4 Å². The fraction of sp³-hybridized carbons (Fsp3) is 0.533. The molecule has 136 valence electrons. The van der Waals surface area contributed by atoms with Crippen molar-refractivity contribution >= 4 is 28.3 Å². The van der Waals surface area contributed by atoms with Gasteiger partial charge >= 0.3 is 0 Å². The molecule has 1 aliphatic rings. The summed E-state index contributed by atoms with van der Waals surface area (Å²) in [5, 5.41) is 5.86. The minimum atomic E-state index is -3.54. The number of methoxy groups -OCH3 is 1. The molecule has 2 rings (SSSR count). The zero-order chi connectivity index (χ0) is 16.7. The highest BCUT2D eigenvalue weighted by Gasteiger charge is 2.28. The van der Waals surface area contributed by atoms with Crippen LogP contribution in [0.4, 0.5) is 0 Å². The third-order valence-electron chi connectivity index (χ3n) is 3.38. The van der Waals surface area contributed by atoms with Gasteiger partial charge < -0.3 is 15.4 Å². The first kappa shape index (κ1) is 20.9. The van der Waals surface area contributed by atoms with Crippen molar-refractivity contribution in [1.82, 2.24) is 15.4 Å². The Morgan fingerprint density at radius 3 is 2.67 bits per heavy atom. The lowest BCUT2D eigenvalue weighted by Gasteiger charge is -2.09. The molecule has 7 nitrogen and oxygen atoms in total. The lowest BCUT2D eigenvalue weighted by molar-refractivity contribution is 0.0953. The van der Waals surface area contributed by atoms with Crippen molar-refractivity contribution in [2.45, 2.75) is 23.8 Å². The van der Waals surface area contributed by atoms with Crippen molar-refractivity contribution in [3.05, 3.63) is 29.8 Å². The normalized spacial score (nSPS) is 14.0. The maximum absolute atomic E-state index is 12.2. The predicted octanol–water partition coefficient (Wildman–Crippen LogP) is 0.515. The fourth-order valence-electron chi connectivity index (χ4n) is 1.96. The predicted molar refractivity (Wildman–Crippen MR) is 94.1 cm³/mol. The Balaban J connectivity index is 0.00000288. The maximum Gasteiger partial charge on any atom is 0.251 e. The van der Waals surface area contributed by atoms with Crippen molar-refractivity contribution in [1.29, 1.82) is 0 Å². The first-order valence-electron chi connectivity index (χ1n) is 7.63. The fourth-order valence-corrected chi connectivity index (χ4v) is 3.31. The van der Waals surface area contributed by atoms with Crippen LogP contribution in [0.15, 0.2) is 29.2 Å². The van der Waals surface area contributed by atoms with E-state index < -0.39 is 10.0 Å². The number of hydrogen-bond acceptors (Lipinski definition) is 5. The number of hydrogen-bond donors (Lipinski definition) is 3. The van der Waals surface area contributed by atoms with E-state index in [4.69, 9.17) is 4.74 Å². The van der Waals surface area contributed by atoms with Crippen LogP contribution >= 0.6 is 12.4 Å². The van der Waals surface area contributed by atoms with Gasteiger partial charge in [-0.2, -0.15) is 0 Å². The van der Waals surface area contributed by atoms with Crippen LogP contribution in [0.5, 0.6) is 0 Å². The lowest BCUT2D eigenvalue weighted by atomic mass is 10.2. The van der Waals surface area contributed by atoms with Crippen LogP contribution in [-0.2, 0) is 14.8 Å². The van der Waals surface area contributed by atoms with Crippen molar-refractivity contribution < 1.29 is 17.9 Å². The Bertz CT molecular complexity index is 635. The summed E-state index contributed by atoms with van der Waals surface area (Å²) in [4.78, 5) is 12.2. The SMILES string of the molecule is COCCNCCNC(=O)c1cccc(S(=O)(=O)NC2CC2)c1.Cl. The molecule has 0 saturated heterocycles. The number of benzene rings is 1. The molecule has 3 N–H and O–H groups in total. The van der Waals surface area contributed by atoms with E-state index in [1.807, 2.05) is 0 Å². The minimum Gasteiger partial charge on any atom is -0.383 e. The molecular formula is C15H24ClN3O4S. The Hall–Kier alpha value is -1.19. The largest absolute Gasteiger partial charge is 0.383 e. The van der Waals surface area contributed by atoms with E-state index in [9.17, 15) is 13.2 Å². The number of amides is 1. The number of carbonyl (C=O) groups excluding carboxylic acids is 1. The molecule has 0 atom stereocenters. The van der Waals surface area contributed by atoms with E-state index in [1.54, 1.807) is 19.2 Å². The van der Waals surface area contributed by atoms with Gasteiger partial charge in [-0.25, -0.2) is 13.1 Å². The van der Waals surface area contributed by atoms with Crippen LogP contribution in [0.25, 0.3) is 0 Å². The summed E-state index contributed by atoms with van der Waals surface area (Å²) in [7, 11) is -1.92. The van der Waals surface area contributed by atoms with Gasteiger partial charge in [-0.15, -0.1) is 12.4 Å². The molecule has 1 fully saturated rings. The molecule has 0 aromatic heterocycles. The van der Waals surface area contributed by atoms with Crippen LogP contribution in [0.1, 0.15) is 23.2 Å². The quantitative estimate of drug-likeness (QED) is 0.516. The second-order valence-corrected chi connectivity index (χ2v) is 7.14. The van der Waals surface area contributed by atoms with Crippen molar-refractivity contribution in [3.8, 4) is 0 Å². The van der Waals surface area contributed by atoms with E-state index in [0.29, 0.717) is 31.8 Å². The molecule has 1 aromatic rings. The second-order valence-electron chi connectivity index (χ2n) is 5.42. The summed E-state index contributed by atoms with van der Waals surface area (Å²) in [5.74, 6) is -0.290. The minimum absolute atomic E-state index is 0. The van der Waals surface area contributed by atoms with Crippen LogP contribution in [0.2, 0.25) is 0 Å². The third-order valence-corrected chi connectivity index (χ3v) is 4.89. The molecule has 1 aliphatic carbocycles. The van der Waals surface area contributed by atoms with Gasteiger partial charge in [0, 0.05) is 38.3 Å². The standard InChI is InChI=1S/C15H23N3O4S.ClH/c1-22-10-9-16-7-8-17-15(19)12-3-2-4-14(11-12)23(20,21)18-13-5-6-13;/h2-4,11,13,16,18H,5-10H2,1H3,(H,17,19);1H. The number of halogens is 1. The molecule has 0 heterocycles. The van der Waals surface area contributed by atoms with Crippen molar-refractivity contribution in [2.24, 2.45) is 0 Å². The Labute approximate surface area is 149 Å². The molecule has 0 spiro atoms. The molecule has 1 aromatic carbocycles. The number of rotatable bonds is 10. The average Bonchev–Trinajstić information content (AvgIpc) is 3.34. The van der Waals surface area contributed by atoms with Crippen LogP contribution in [0, 0.1) is 0 Å². The van der Waals surface area contributed by atoms with Gasteiger partial charge in [0.2, 0.25) is 10.0 Å². The zero-order valence-electron chi connectivity index (χ0n) is 13.6. The van der Waals surface area contributed by atoms with Gasteiger partial charge in [0.25, 0.3) is 5.91 Å². The van der Waals surface area contributed by atoms with E-state index in [-0.39, 0.29) is 29.3 Å². The Kier molecular flexibility index (Phi) is 8.65. The van der Waals surface area contributed by atoms with E-state index in [2.05, 4.69) is 15.4 Å². The molecule has 24 heavy (non-hydrogen) atoms. The Morgan fingerprint density at radius 2 is 2.00 bits per heavy atom. The number of nitrogens with one attached hydrogen (secondary N) is 3. The van der Waals surface area contributed by atoms with Gasteiger partial charge in [-0.05, 0) is 31.0 Å². The lowest BCUT2D eigenvalue weighted by Crippen LogP contribution is -2.33. The van der Waals surface area contributed by atoms with Crippen molar-refractivity contribution in [2.75, 3.05) is 33.4 Å². The molecule has 1 saturated carbocycles. The first-order valence-corrected chi connectivity index (χ1v) is 9.11. The smallest absolute Gasteiger partial charge is 0.251 e. The summed E-state index contributed by atoms with van der Waals surface area (Å²) in [6, 6.07) is 6.11. The molecule has 0 radical (unpaired) electrons. The van der Waals surface area contributed by atoms with E-state index >= 15 is 0 Å². The highest BCUT2D eigenvalue weighted by atomic mass is 35.5. The monoisotopic (exact) mass is 377 g/mol. The first-order chi connectivity index (χ1) is 11.0. The molecule has 0 unspecified atom stereocenters. The summed E-state index contributed by atoms with van der Waals surface area (Å²) in [5.41, 5.74) is 0.334. The van der Waals surface area contributed by atoms with Crippen molar-refractivity contribution in [3.63, 3.8) is 0 Å². The van der Waals surface area contributed by atoms with Gasteiger partial charge in [-0.3, -0.25) is 4.79 Å². The number of sulfonamides is 1. The average molecular weight is 378 g/mol. The summed E-state index contributed by atoms with van der Waals surface area (Å²) in [6.45, 7) is 2.41. The topological polar surface area (TPSA) is 96.5 Å². The van der Waals surface area contributed by atoms with Crippen LogP contribution in [0.3, 0.4) is 0 Å². The highest BCUT2D eigenvalue weighted by Crippen LogP contribution is 2.22. The highest BCUT2D eigenvalue weighted by molar-refractivity contribution is 7.89.